The van der Waals surface area contributed by atoms with Gasteiger partial charge < -0.3 is 9.64 Å². The minimum Gasteiger partial charge on any atom is -0.377 e. The number of nitrogens with one attached hydrogen (secondary N) is 2. The van der Waals surface area contributed by atoms with E-state index in [9.17, 15) is 0 Å². The zero-order valence-electron chi connectivity index (χ0n) is 16.8. The van der Waals surface area contributed by atoms with Gasteiger partial charge in [0.1, 0.15) is 22.5 Å². The Morgan fingerprint density at radius 1 is 1.17 bits per heavy atom. The number of hydrogen-bond donors (Lipinski definition) is 2. The van der Waals surface area contributed by atoms with Crippen molar-refractivity contribution >= 4 is 16.9 Å². The second kappa shape index (κ2) is 7.00. The molecule has 1 fully saturated rings. The predicted octanol–water partition coefficient (Wildman–Crippen LogP) is 3.02. The van der Waals surface area contributed by atoms with Crippen LogP contribution in [0.2, 0.25) is 0 Å². The lowest BCUT2D eigenvalue weighted by Crippen LogP contribution is -2.44. The lowest BCUT2D eigenvalue weighted by Gasteiger charge is -2.34. The van der Waals surface area contributed by atoms with E-state index in [0.717, 1.165) is 46.0 Å². The molecule has 5 rings (SSSR count). The van der Waals surface area contributed by atoms with E-state index in [0.29, 0.717) is 13.2 Å². The Labute approximate surface area is 168 Å². The third-order valence-corrected chi connectivity index (χ3v) is 5.36. The summed E-state index contributed by atoms with van der Waals surface area (Å²) in [6, 6.07) is 6.55. The summed E-state index contributed by atoms with van der Waals surface area (Å²) < 4.78 is 7.65. The monoisotopic (exact) mass is 392 g/mol. The first-order chi connectivity index (χ1) is 14.1. The van der Waals surface area contributed by atoms with E-state index in [2.05, 4.69) is 57.2 Å². The number of fused-ring (bicyclic) bond motifs is 1. The average molecular weight is 392 g/mol. The van der Waals surface area contributed by atoms with Gasteiger partial charge in [-0.2, -0.15) is 15.3 Å². The number of morpholine rings is 1. The van der Waals surface area contributed by atoms with Crippen LogP contribution in [-0.2, 0) is 4.74 Å². The molecular formula is C20H24N8O. The summed E-state index contributed by atoms with van der Waals surface area (Å²) in [6.45, 7) is 8.61. The predicted molar refractivity (Wildman–Crippen MR) is 111 cm³/mol. The number of pyridine rings is 1. The molecule has 9 nitrogen and oxygen atoms in total. The van der Waals surface area contributed by atoms with E-state index in [1.165, 1.54) is 0 Å². The maximum atomic E-state index is 5.63. The maximum Gasteiger partial charge on any atom is 0.130 e. The fourth-order valence-corrected chi connectivity index (χ4v) is 3.91. The summed E-state index contributed by atoms with van der Waals surface area (Å²) in [5.74, 6) is 0.918. The molecule has 1 unspecified atom stereocenters. The third-order valence-electron chi connectivity index (χ3n) is 5.36. The molecule has 5 heterocycles. The summed E-state index contributed by atoms with van der Waals surface area (Å²) >= 11 is 0. The highest BCUT2D eigenvalue weighted by Crippen LogP contribution is 2.35. The number of anilines is 1. The maximum absolute atomic E-state index is 5.63. The Morgan fingerprint density at radius 2 is 2.07 bits per heavy atom. The molecule has 0 aliphatic carbocycles. The zero-order valence-corrected chi connectivity index (χ0v) is 16.8. The Bertz CT molecular complexity index is 1130. The molecule has 1 aliphatic rings. The van der Waals surface area contributed by atoms with Crippen molar-refractivity contribution in [3.8, 4) is 22.6 Å². The van der Waals surface area contributed by atoms with Gasteiger partial charge in [-0.3, -0.25) is 14.9 Å². The molecule has 0 saturated carbocycles. The van der Waals surface area contributed by atoms with Crippen molar-refractivity contribution in [3.05, 3.63) is 30.6 Å². The van der Waals surface area contributed by atoms with Gasteiger partial charge in [0.15, 0.2) is 0 Å². The molecule has 1 saturated heterocycles. The zero-order chi connectivity index (χ0) is 20.0. The van der Waals surface area contributed by atoms with Gasteiger partial charge in [0, 0.05) is 30.5 Å². The summed E-state index contributed by atoms with van der Waals surface area (Å²) in [5.41, 5.74) is 5.36. The molecule has 150 valence electrons. The highest BCUT2D eigenvalue weighted by Gasteiger charge is 2.25. The van der Waals surface area contributed by atoms with Gasteiger partial charge in [-0.05, 0) is 39.0 Å². The molecule has 2 N–H and O–H groups in total. The van der Waals surface area contributed by atoms with Crippen molar-refractivity contribution in [2.24, 2.45) is 0 Å². The van der Waals surface area contributed by atoms with E-state index >= 15 is 0 Å². The van der Waals surface area contributed by atoms with Crippen LogP contribution in [-0.4, -0.2) is 61.0 Å². The van der Waals surface area contributed by atoms with Crippen LogP contribution < -0.4 is 4.90 Å². The van der Waals surface area contributed by atoms with Crippen LogP contribution in [0.3, 0.4) is 0 Å². The number of rotatable bonds is 4. The number of ether oxygens (including phenoxy) is 1. The molecule has 1 aliphatic heterocycles. The summed E-state index contributed by atoms with van der Waals surface area (Å²) in [4.78, 5) is 7.31. The first-order valence-electron chi connectivity index (χ1n) is 9.90. The van der Waals surface area contributed by atoms with Crippen molar-refractivity contribution in [3.63, 3.8) is 0 Å². The van der Waals surface area contributed by atoms with Crippen molar-refractivity contribution in [2.45, 2.75) is 32.9 Å². The summed E-state index contributed by atoms with van der Waals surface area (Å²) in [6.07, 6.45) is 3.56. The van der Waals surface area contributed by atoms with E-state index in [1.807, 2.05) is 23.0 Å². The first-order valence-corrected chi connectivity index (χ1v) is 9.90. The molecule has 4 aromatic rings. The summed E-state index contributed by atoms with van der Waals surface area (Å²) in [5, 5.41) is 19.4. The van der Waals surface area contributed by atoms with Crippen molar-refractivity contribution in [2.75, 3.05) is 24.7 Å². The van der Waals surface area contributed by atoms with Gasteiger partial charge in [0.25, 0.3) is 0 Å². The normalized spacial score (nSPS) is 17.5. The van der Waals surface area contributed by atoms with Gasteiger partial charge in [-0.15, -0.1) is 0 Å². The largest absolute Gasteiger partial charge is 0.377 e. The Hall–Kier alpha value is -3.20. The van der Waals surface area contributed by atoms with Gasteiger partial charge in [-0.1, -0.05) is 0 Å². The molecule has 0 spiro atoms. The van der Waals surface area contributed by atoms with Crippen LogP contribution in [0.15, 0.2) is 30.6 Å². The second-order valence-electron chi connectivity index (χ2n) is 7.67. The molecule has 1 atom stereocenters. The van der Waals surface area contributed by atoms with Gasteiger partial charge in [0.2, 0.25) is 0 Å². The van der Waals surface area contributed by atoms with Crippen LogP contribution in [0.25, 0.3) is 33.7 Å². The topological polar surface area (TPSA) is 101 Å². The van der Waals surface area contributed by atoms with Crippen LogP contribution >= 0.6 is 0 Å². The fourth-order valence-electron chi connectivity index (χ4n) is 3.91. The smallest absolute Gasteiger partial charge is 0.130 e. The quantitative estimate of drug-likeness (QED) is 0.554. The van der Waals surface area contributed by atoms with E-state index in [1.54, 1.807) is 6.20 Å². The highest BCUT2D eigenvalue weighted by atomic mass is 16.5. The number of aromatic amines is 2. The average Bonchev–Trinajstić information content (AvgIpc) is 3.46. The van der Waals surface area contributed by atoms with Crippen LogP contribution in [0.1, 0.15) is 26.8 Å². The second-order valence-corrected chi connectivity index (χ2v) is 7.67. The molecule has 0 aromatic carbocycles. The third kappa shape index (κ3) is 2.98. The van der Waals surface area contributed by atoms with E-state index in [4.69, 9.17) is 9.72 Å². The van der Waals surface area contributed by atoms with Crippen LogP contribution in [0, 0.1) is 0 Å². The lowest BCUT2D eigenvalue weighted by molar-refractivity contribution is 0.0986. The van der Waals surface area contributed by atoms with Crippen molar-refractivity contribution in [1.82, 2.24) is 35.2 Å². The van der Waals surface area contributed by atoms with Gasteiger partial charge in [-0.25, -0.2) is 4.98 Å². The molecular weight excluding hydrogens is 368 g/mol. The Kier molecular flexibility index (Phi) is 4.31. The fraction of sp³-hybridized carbons (Fsp3) is 0.400. The Balaban J connectivity index is 1.76. The van der Waals surface area contributed by atoms with Crippen LogP contribution in [0.4, 0.5) is 5.82 Å². The Morgan fingerprint density at radius 3 is 2.83 bits per heavy atom. The van der Waals surface area contributed by atoms with Gasteiger partial charge >= 0.3 is 0 Å². The van der Waals surface area contributed by atoms with Crippen molar-refractivity contribution in [1.29, 1.82) is 0 Å². The number of aromatic nitrogens is 7. The molecule has 9 heteroatoms. The standard InChI is InChI=1S/C20H24N8O/c1-12(2)28-16(5-7-22-28)14-10-17(27-8-9-29-11-13(27)3)23-20-18(14)25-26-19(20)15-4-6-21-24-15/h4-7,10,12-13H,8-9,11H2,1-3H3,(H,21,24)(H,25,26). The minimum atomic E-state index is 0.236. The first kappa shape index (κ1) is 17.9. The van der Waals surface area contributed by atoms with Gasteiger partial charge in [0.05, 0.1) is 30.6 Å². The van der Waals surface area contributed by atoms with Crippen molar-refractivity contribution < 1.29 is 4.74 Å². The SMILES string of the molecule is CC1COCCN1c1cc(-c2ccnn2C(C)C)c2n[nH]c(-c3ccn[nH]3)c2n1. The molecule has 4 aromatic heterocycles. The molecule has 0 radical (unpaired) electrons. The minimum absolute atomic E-state index is 0.236. The van der Waals surface area contributed by atoms with E-state index < -0.39 is 0 Å². The lowest BCUT2D eigenvalue weighted by atomic mass is 10.1. The molecule has 0 amide bonds. The summed E-state index contributed by atoms with van der Waals surface area (Å²) in [7, 11) is 0. The molecule has 29 heavy (non-hydrogen) atoms. The number of nitrogens with zero attached hydrogens (tertiary/aromatic N) is 6. The van der Waals surface area contributed by atoms with Crippen LogP contribution in [0.5, 0.6) is 0 Å². The number of hydrogen-bond acceptors (Lipinski definition) is 6. The van der Waals surface area contributed by atoms with E-state index in [-0.39, 0.29) is 12.1 Å². The number of H-pyrrole nitrogens is 2. The highest BCUT2D eigenvalue weighted by molar-refractivity contribution is 5.99. The molecule has 0 bridgehead atoms.